The average Bonchev–Trinajstić information content (AvgIpc) is 2.74. The minimum absolute atomic E-state index is 0.0528. The maximum atomic E-state index is 13.7. The third-order valence-electron chi connectivity index (χ3n) is 4.64. The first-order valence-corrected chi connectivity index (χ1v) is 11.8. The molecule has 0 spiro atoms. The molecule has 2 rings (SSSR count). The number of hydrogen-bond donors (Lipinski definition) is 2. The van der Waals surface area contributed by atoms with Crippen LogP contribution in [0.4, 0.5) is 26.3 Å². The molecule has 2 N–H and O–H groups in total. The van der Waals surface area contributed by atoms with Crippen LogP contribution < -0.4 is 10.6 Å². The van der Waals surface area contributed by atoms with Crippen LogP contribution in [0.3, 0.4) is 0 Å². The van der Waals surface area contributed by atoms with Gasteiger partial charge in [0, 0.05) is 0 Å². The summed E-state index contributed by atoms with van der Waals surface area (Å²) >= 11 is 28.5. The van der Waals surface area contributed by atoms with Crippen LogP contribution >= 0.6 is 58.6 Å². The maximum Gasteiger partial charge on any atom is 0.405 e. The number of benzene rings is 2. The van der Waals surface area contributed by atoms with E-state index >= 15 is 0 Å². The van der Waals surface area contributed by atoms with E-state index in [1.54, 1.807) is 0 Å². The highest BCUT2D eigenvalue weighted by molar-refractivity contribution is 7.80. The van der Waals surface area contributed by atoms with Crippen molar-refractivity contribution in [1.82, 2.24) is 10.6 Å². The number of alkyl halides is 6. The molecule has 0 aromatic heterocycles. The first-order chi connectivity index (χ1) is 16.5. The summed E-state index contributed by atoms with van der Waals surface area (Å²) in [7, 11) is 0. The molecule has 3 nitrogen and oxygen atoms in total. The van der Waals surface area contributed by atoms with E-state index in [0.29, 0.717) is 0 Å². The number of thiocarbonyl (C=S) groups is 1. The molecule has 1 amide bonds. The standard InChI is InChI=1S/C22H16Cl4F6N2OS/c1-10(20(36)33-9-21(27,28)29)34-19(35)13-4-2-11(6-15(13)23)3-5-14(22(30,31)32)12-7-16(24)18(26)17(25)8-12/h2-8,10,14H,9H2,1H3,(H,33,36)(H,34,35)/b5-3+/t10-,14?/m1/s1. The van der Waals surface area contributed by atoms with Crippen LogP contribution in [0, 0.1) is 0 Å². The van der Waals surface area contributed by atoms with Crippen LogP contribution in [-0.4, -0.2) is 35.8 Å². The highest BCUT2D eigenvalue weighted by Gasteiger charge is 2.39. The monoisotopic (exact) mass is 610 g/mol. The highest BCUT2D eigenvalue weighted by atomic mass is 35.5. The number of hydrogen-bond acceptors (Lipinski definition) is 2. The fourth-order valence-electron chi connectivity index (χ4n) is 2.87. The smallest absolute Gasteiger partial charge is 0.369 e. The van der Waals surface area contributed by atoms with Crippen molar-refractivity contribution < 1.29 is 31.1 Å². The van der Waals surface area contributed by atoms with Crippen LogP contribution in [0.15, 0.2) is 36.4 Å². The first kappa shape index (κ1) is 30.5. The van der Waals surface area contributed by atoms with Gasteiger partial charge in [-0.2, -0.15) is 26.3 Å². The molecule has 0 radical (unpaired) electrons. The Labute approximate surface area is 227 Å². The number of allylic oxidation sites excluding steroid dienone is 1. The molecule has 196 valence electrons. The topological polar surface area (TPSA) is 41.1 Å². The number of nitrogens with one attached hydrogen (secondary N) is 2. The second-order valence-electron chi connectivity index (χ2n) is 7.44. The molecule has 0 aliphatic heterocycles. The summed E-state index contributed by atoms with van der Waals surface area (Å²) in [6.45, 7) is 0.0162. The van der Waals surface area contributed by atoms with Gasteiger partial charge < -0.3 is 10.6 Å². The quantitative estimate of drug-likeness (QED) is 0.188. The minimum Gasteiger partial charge on any atom is -0.369 e. The summed E-state index contributed by atoms with van der Waals surface area (Å²) in [5, 5.41) is 3.96. The largest absolute Gasteiger partial charge is 0.405 e. The lowest BCUT2D eigenvalue weighted by Crippen LogP contribution is -2.46. The fourth-order valence-corrected chi connectivity index (χ4v) is 3.89. The second-order valence-corrected chi connectivity index (χ2v) is 9.48. The predicted molar refractivity (Wildman–Crippen MR) is 134 cm³/mol. The number of halogens is 10. The van der Waals surface area contributed by atoms with Crippen molar-refractivity contribution >= 4 is 75.6 Å². The third-order valence-corrected chi connectivity index (χ3v) is 6.65. The lowest BCUT2D eigenvalue weighted by Gasteiger charge is -2.19. The molecule has 0 aliphatic rings. The molecular weight excluding hydrogens is 596 g/mol. The van der Waals surface area contributed by atoms with Crippen molar-refractivity contribution in [3.8, 4) is 0 Å². The van der Waals surface area contributed by atoms with Gasteiger partial charge in [-0.05, 0) is 42.3 Å². The lowest BCUT2D eigenvalue weighted by atomic mass is 9.97. The van der Waals surface area contributed by atoms with Crippen LogP contribution in [0.25, 0.3) is 6.08 Å². The summed E-state index contributed by atoms with van der Waals surface area (Å²) < 4.78 is 78.0. The Morgan fingerprint density at radius 1 is 1.00 bits per heavy atom. The number of carbonyl (C=O) groups excluding carboxylic acids is 1. The molecule has 0 aliphatic carbocycles. The normalized spacial score (nSPS) is 14.0. The van der Waals surface area contributed by atoms with Gasteiger partial charge in [0.2, 0.25) is 0 Å². The van der Waals surface area contributed by atoms with E-state index in [4.69, 9.17) is 58.6 Å². The average molecular weight is 612 g/mol. The molecule has 2 aromatic rings. The maximum absolute atomic E-state index is 13.7. The molecule has 0 saturated heterocycles. The molecule has 0 saturated carbocycles. The zero-order valence-corrected chi connectivity index (χ0v) is 21.8. The molecule has 1 unspecified atom stereocenters. The van der Waals surface area contributed by atoms with E-state index in [0.717, 1.165) is 24.3 Å². The van der Waals surface area contributed by atoms with Crippen LogP contribution in [0.2, 0.25) is 20.1 Å². The molecular formula is C22H16Cl4F6N2OS. The van der Waals surface area contributed by atoms with Gasteiger partial charge in [-0.15, -0.1) is 0 Å². The molecule has 2 aromatic carbocycles. The SMILES string of the molecule is C[C@@H](NC(=O)c1ccc(/C=C/C(c2cc(Cl)c(Cl)c(Cl)c2)C(F)(F)F)cc1Cl)C(=S)NCC(F)(F)F. The summed E-state index contributed by atoms with van der Waals surface area (Å²) in [5.41, 5.74) is -0.0420. The molecule has 0 heterocycles. The number of carbonyl (C=O) groups is 1. The van der Waals surface area contributed by atoms with Gasteiger partial charge >= 0.3 is 12.4 Å². The van der Waals surface area contributed by atoms with Crippen molar-refractivity contribution in [2.24, 2.45) is 0 Å². The van der Waals surface area contributed by atoms with Gasteiger partial charge in [-0.1, -0.05) is 76.8 Å². The van der Waals surface area contributed by atoms with Gasteiger partial charge in [-0.25, -0.2) is 0 Å². The van der Waals surface area contributed by atoms with Crippen molar-refractivity contribution in [2.75, 3.05) is 6.54 Å². The summed E-state index contributed by atoms with van der Waals surface area (Å²) in [6.07, 6.45) is -7.15. The van der Waals surface area contributed by atoms with Gasteiger partial charge in [0.15, 0.2) is 0 Å². The molecule has 14 heteroatoms. The van der Waals surface area contributed by atoms with Crippen molar-refractivity contribution in [3.05, 3.63) is 73.2 Å². The third kappa shape index (κ3) is 8.69. The predicted octanol–water partition coefficient (Wildman–Crippen LogP) is 8.26. The van der Waals surface area contributed by atoms with Gasteiger partial charge in [0.05, 0.1) is 42.6 Å². The Kier molecular flexibility index (Phi) is 10.4. The van der Waals surface area contributed by atoms with E-state index < -0.39 is 36.8 Å². The van der Waals surface area contributed by atoms with Crippen molar-refractivity contribution in [2.45, 2.75) is 31.2 Å². The van der Waals surface area contributed by atoms with E-state index in [1.165, 1.54) is 25.1 Å². The van der Waals surface area contributed by atoms with E-state index in [9.17, 15) is 31.1 Å². The van der Waals surface area contributed by atoms with Gasteiger partial charge in [0.25, 0.3) is 5.91 Å². The Bertz CT molecular complexity index is 1150. The fraction of sp³-hybridized carbons (Fsp3) is 0.273. The summed E-state index contributed by atoms with van der Waals surface area (Å²) in [6, 6.07) is 5.04. The minimum atomic E-state index is -4.69. The van der Waals surface area contributed by atoms with Crippen molar-refractivity contribution in [1.29, 1.82) is 0 Å². The Morgan fingerprint density at radius 2 is 1.58 bits per heavy atom. The summed E-state index contributed by atoms with van der Waals surface area (Å²) in [5.74, 6) is -2.81. The van der Waals surface area contributed by atoms with E-state index in [2.05, 4.69) is 5.32 Å². The van der Waals surface area contributed by atoms with E-state index in [-0.39, 0.29) is 41.8 Å². The lowest BCUT2D eigenvalue weighted by molar-refractivity contribution is -0.139. The zero-order chi connectivity index (χ0) is 27.4. The van der Waals surface area contributed by atoms with Gasteiger partial charge in [0.1, 0.15) is 6.54 Å². The highest BCUT2D eigenvalue weighted by Crippen LogP contribution is 2.41. The molecule has 0 bridgehead atoms. The van der Waals surface area contributed by atoms with E-state index in [1.807, 2.05) is 5.32 Å². The Morgan fingerprint density at radius 3 is 2.08 bits per heavy atom. The van der Waals surface area contributed by atoms with Crippen molar-refractivity contribution in [3.63, 3.8) is 0 Å². The summed E-state index contributed by atoms with van der Waals surface area (Å²) in [4.78, 5) is 12.2. The molecule has 0 fully saturated rings. The Balaban J connectivity index is 2.19. The molecule has 2 atom stereocenters. The van der Waals surface area contributed by atoms with Crippen LogP contribution in [-0.2, 0) is 0 Å². The zero-order valence-electron chi connectivity index (χ0n) is 18.0. The number of rotatable bonds is 7. The van der Waals surface area contributed by atoms with Gasteiger partial charge in [-0.3, -0.25) is 4.79 Å². The van der Waals surface area contributed by atoms with Crippen LogP contribution in [0.5, 0.6) is 0 Å². The Hall–Kier alpha value is -1.72. The molecule has 36 heavy (non-hydrogen) atoms. The second kappa shape index (κ2) is 12.2. The van der Waals surface area contributed by atoms with Crippen LogP contribution in [0.1, 0.15) is 34.3 Å². The first-order valence-electron chi connectivity index (χ1n) is 9.84. The number of amides is 1.